The largest absolute Gasteiger partial charge is 0.392 e. The second-order valence-electron chi connectivity index (χ2n) is 5.46. The fourth-order valence-corrected chi connectivity index (χ4v) is 2.60. The normalized spacial score (nSPS) is 14.0. The minimum atomic E-state index is -0.103. The molecule has 0 saturated carbocycles. The van der Waals surface area contributed by atoms with Crippen LogP contribution in [0.5, 0.6) is 0 Å². The predicted octanol–water partition coefficient (Wildman–Crippen LogP) is 3.19. The van der Waals surface area contributed by atoms with Crippen molar-refractivity contribution >= 4 is 0 Å². The van der Waals surface area contributed by atoms with Gasteiger partial charge in [0.1, 0.15) is 0 Å². The summed E-state index contributed by atoms with van der Waals surface area (Å²) < 4.78 is 5.44. The summed E-state index contributed by atoms with van der Waals surface area (Å²) in [7, 11) is 1.67. The van der Waals surface area contributed by atoms with Crippen LogP contribution in [0.1, 0.15) is 29.7 Å². The minimum Gasteiger partial charge on any atom is -0.392 e. The van der Waals surface area contributed by atoms with Gasteiger partial charge in [0.15, 0.2) is 0 Å². The molecule has 0 amide bonds. The van der Waals surface area contributed by atoms with Crippen LogP contribution in [0, 0.1) is 6.92 Å². The van der Waals surface area contributed by atoms with Crippen LogP contribution in [0.25, 0.3) is 11.1 Å². The van der Waals surface area contributed by atoms with E-state index in [-0.39, 0.29) is 18.8 Å². The maximum Gasteiger partial charge on any atom is 0.0969 e. The summed E-state index contributed by atoms with van der Waals surface area (Å²) in [6.45, 7) is 4.03. The first-order valence-corrected chi connectivity index (χ1v) is 7.16. The number of hydrogen-bond acceptors (Lipinski definition) is 3. The number of aryl methyl sites for hydroxylation is 1. The molecule has 112 valence electrons. The van der Waals surface area contributed by atoms with E-state index >= 15 is 0 Å². The molecule has 2 rings (SSSR count). The van der Waals surface area contributed by atoms with Crippen LogP contribution < -0.4 is 5.73 Å². The van der Waals surface area contributed by atoms with E-state index in [4.69, 9.17) is 10.5 Å². The molecule has 0 radical (unpaired) electrons. The molecule has 3 nitrogen and oxygen atoms in total. The van der Waals surface area contributed by atoms with E-state index < -0.39 is 0 Å². The summed E-state index contributed by atoms with van der Waals surface area (Å²) in [5, 5.41) is 9.49. The van der Waals surface area contributed by atoms with Gasteiger partial charge in [-0.1, -0.05) is 48.0 Å². The van der Waals surface area contributed by atoms with Crippen LogP contribution in [0.3, 0.4) is 0 Å². The van der Waals surface area contributed by atoms with Gasteiger partial charge in [0.2, 0.25) is 0 Å². The Hall–Kier alpha value is -1.68. The van der Waals surface area contributed by atoms with Gasteiger partial charge in [-0.2, -0.15) is 0 Å². The average Bonchev–Trinajstić information content (AvgIpc) is 2.48. The quantitative estimate of drug-likeness (QED) is 0.887. The van der Waals surface area contributed by atoms with Crippen molar-refractivity contribution in [1.29, 1.82) is 0 Å². The van der Waals surface area contributed by atoms with Gasteiger partial charge in [-0.05, 0) is 36.1 Å². The highest BCUT2D eigenvalue weighted by atomic mass is 16.5. The summed E-state index contributed by atoms with van der Waals surface area (Å²) in [4.78, 5) is 0. The van der Waals surface area contributed by atoms with Gasteiger partial charge in [0, 0.05) is 13.2 Å². The first-order chi connectivity index (χ1) is 10.1. The first-order valence-electron chi connectivity index (χ1n) is 7.16. The molecule has 0 aliphatic rings. The van der Waals surface area contributed by atoms with E-state index in [1.807, 2.05) is 31.2 Å². The Bertz CT molecular complexity index is 591. The third-order valence-electron chi connectivity index (χ3n) is 3.72. The number of aliphatic hydroxyl groups is 1. The topological polar surface area (TPSA) is 55.5 Å². The second kappa shape index (κ2) is 6.85. The number of aliphatic hydroxyl groups excluding tert-OH is 1. The van der Waals surface area contributed by atoms with Crippen LogP contribution in [0.4, 0.5) is 0 Å². The van der Waals surface area contributed by atoms with Gasteiger partial charge in [0.05, 0.1) is 12.7 Å². The van der Waals surface area contributed by atoms with Crippen molar-refractivity contribution in [3.8, 4) is 11.1 Å². The molecule has 2 aromatic rings. The standard InChI is InChI=1S/C18H23NO2/c1-12-4-5-16(11-20)17(10-12)14-6-8-15(9-7-14)18(21-3)13(2)19/h4-10,13,18,20H,11,19H2,1-3H3. The van der Waals surface area contributed by atoms with Crippen molar-refractivity contribution in [3.05, 3.63) is 59.2 Å². The monoisotopic (exact) mass is 285 g/mol. The Kier molecular flexibility index (Phi) is 5.12. The maximum atomic E-state index is 9.49. The fourth-order valence-electron chi connectivity index (χ4n) is 2.60. The lowest BCUT2D eigenvalue weighted by atomic mass is 9.95. The summed E-state index contributed by atoms with van der Waals surface area (Å²) in [6.07, 6.45) is -0.103. The van der Waals surface area contributed by atoms with E-state index in [0.717, 1.165) is 22.3 Å². The number of hydrogen-bond donors (Lipinski definition) is 2. The molecule has 0 spiro atoms. The van der Waals surface area contributed by atoms with E-state index in [1.165, 1.54) is 5.56 Å². The molecular weight excluding hydrogens is 262 g/mol. The summed E-state index contributed by atoms with van der Waals surface area (Å²) in [5.74, 6) is 0. The molecule has 2 unspecified atom stereocenters. The Labute approximate surface area is 126 Å². The molecule has 3 N–H and O–H groups in total. The zero-order valence-corrected chi connectivity index (χ0v) is 12.8. The Morgan fingerprint density at radius 3 is 2.33 bits per heavy atom. The smallest absolute Gasteiger partial charge is 0.0969 e. The van der Waals surface area contributed by atoms with E-state index in [2.05, 4.69) is 25.1 Å². The number of nitrogens with two attached hydrogens (primary N) is 1. The van der Waals surface area contributed by atoms with Gasteiger partial charge in [-0.15, -0.1) is 0 Å². The third-order valence-corrected chi connectivity index (χ3v) is 3.72. The first kappa shape index (κ1) is 15.7. The molecule has 0 heterocycles. The highest BCUT2D eigenvalue weighted by molar-refractivity contribution is 5.68. The molecule has 0 aliphatic heterocycles. The molecule has 0 bridgehead atoms. The Morgan fingerprint density at radius 1 is 1.14 bits per heavy atom. The number of rotatable bonds is 5. The van der Waals surface area contributed by atoms with E-state index in [0.29, 0.717) is 0 Å². The SMILES string of the molecule is COC(c1ccc(-c2cc(C)ccc2CO)cc1)C(C)N. The zero-order chi connectivity index (χ0) is 15.4. The van der Waals surface area contributed by atoms with Crippen LogP contribution in [-0.2, 0) is 11.3 Å². The van der Waals surface area contributed by atoms with Crippen LogP contribution in [-0.4, -0.2) is 18.3 Å². The molecule has 3 heteroatoms. The average molecular weight is 285 g/mol. The van der Waals surface area contributed by atoms with Gasteiger partial charge in [-0.3, -0.25) is 0 Å². The molecule has 2 aromatic carbocycles. The lowest BCUT2D eigenvalue weighted by Crippen LogP contribution is -2.25. The van der Waals surface area contributed by atoms with Crippen molar-refractivity contribution in [2.24, 2.45) is 5.73 Å². The van der Waals surface area contributed by atoms with E-state index in [9.17, 15) is 5.11 Å². The second-order valence-corrected chi connectivity index (χ2v) is 5.46. The van der Waals surface area contributed by atoms with Gasteiger partial charge in [0.25, 0.3) is 0 Å². The summed E-state index contributed by atoms with van der Waals surface area (Å²) >= 11 is 0. The fraction of sp³-hybridized carbons (Fsp3) is 0.333. The molecular formula is C18H23NO2. The molecule has 21 heavy (non-hydrogen) atoms. The molecule has 2 atom stereocenters. The lowest BCUT2D eigenvalue weighted by Gasteiger charge is -2.20. The van der Waals surface area contributed by atoms with Gasteiger partial charge >= 0.3 is 0 Å². The molecule has 0 aromatic heterocycles. The van der Waals surface area contributed by atoms with Crippen LogP contribution >= 0.6 is 0 Å². The third kappa shape index (κ3) is 3.50. The highest BCUT2D eigenvalue weighted by Gasteiger charge is 2.15. The number of methoxy groups -OCH3 is 1. The van der Waals surface area contributed by atoms with Crippen molar-refractivity contribution in [3.63, 3.8) is 0 Å². The number of benzene rings is 2. The zero-order valence-electron chi connectivity index (χ0n) is 12.8. The van der Waals surface area contributed by atoms with E-state index in [1.54, 1.807) is 7.11 Å². The lowest BCUT2D eigenvalue weighted by molar-refractivity contribution is 0.0854. The van der Waals surface area contributed by atoms with Crippen LogP contribution in [0.2, 0.25) is 0 Å². The summed E-state index contributed by atoms with van der Waals surface area (Å²) in [6, 6.07) is 14.2. The summed E-state index contributed by atoms with van der Waals surface area (Å²) in [5.41, 5.74) is 11.3. The van der Waals surface area contributed by atoms with Crippen molar-refractivity contribution in [2.75, 3.05) is 7.11 Å². The Morgan fingerprint density at radius 2 is 1.81 bits per heavy atom. The minimum absolute atomic E-state index is 0.0396. The van der Waals surface area contributed by atoms with Crippen LogP contribution in [0.15, 0.2) is 42.5 Å². The number of ether oxygens (including phenoxy) is 1. The van der Waals surface area contributed by atoms with Gasteiger partial charge in [-0.25, -0.2) is 0 Å². The molecule has 0 fully saturated rings. The molecule has 0 aliphatic carbocycles. The van der Waals surface area contributed by atoms with Crippen molar-refractivity contribution < 1.29 is 9.84 Å². The van der Waals surface area contributed by atoms with Gasteiger partial charge < -0.3 is 15.6 Å². The van der Waals surface area contributed by atoms with Crippen molar-refractivity contribution in [1.82, 2.24) is 0 Å². The highest BCUT2D eigenvalue weighted by Crippen LogP contribution is 2.28. The Balaban J connectivity index is 2.37. The molecule has 0 saturated heterocycles. The van der Waals surface area contributed by atoms with Crippen molar-refractivity contribution in [2.45, 2.75) is 32.6 Å². The maximum absolute atomic E-state index is 9.49. The predicted molar refractivity (Wildman–Crippen MR) is 85.9 cm³/mol.